The van der Waals surface area contributed by atoms with E-state index in [-0.39, 0.29) is 11.9 Å². The van der Waals surface area contributed by atoms with Gasteiger partial charge in [0.15, 0.2) is 0 Å². The Hall–Kier alpha value is -0.360. The molecule has 0 amide bonds. The van der Waals surface area contributed by atoms with Gasteiger partial charge in [-0.2, -0.15) is 8.78 Å². The molecular formula is C8H12F2O3S. The number of carbonyl (C=O) groups is 1. The molecule has 0 saturated carbocycles. The van der Waals surface area contributed by atoms with E-state index < -0.39 is 17.6 Å². The summed E-state index contributed by atoms with van der Waals surface area (Å²) in [4.78, 5) is 10.8. The number of halogens is 2. The minimum absolute atomic E-state index is 0.0222. The predicted molar refractivity (Wildman–Crippen MR) is 48.6 cm³/mol. The van der Waals surface area contributed by atoms with Gasteiger partial charge in [0.1, 0.15) is 0 Å². The highest BCUT2D eigenvalue weighted by atomic mass is 32.2. The summed E-state index contributed by atoms with van der Waals surface area (Å²) >= 11 is 1.05. The summed E-state index contributed by atoms with van der Waals surface area (Å²) in [7, 11) is 0. The quantitative estimate of drug-likeness (QED) is 0.662. The van der Waals surface area contributed by atoms with Crippen molar-refractivity contribution in [3.05, 3.63) is 0 Å². The van der Waals surface area contributed by atoms with Crippen molar-refractivity contribution < 1.29 is 23.0 Å². The van der Waals surface area contributed by atoms with Gasteiger partial charge in [0, 0.05) is 0 Å². The Bertz CT molecular complexity index is 207. The lowest BCUT2D eigenvalue weighted by molar-refractivity contribution is -0.167. The van der Waals surface area contributed by atoms with Crippen molar-refractivity contribution >= 4 is 17.7 Å². The Kier molecular flexibility index (Phi) is 4.12. The minimum Gasteiger partial charge on any atom is -0.462 e. The lowest BCUT2D eigenvalue weighted by atomic mass is 10.4. The smallest absolute Gasteiger partial charge is 0.377 e. The van der Waals surface area contributed by atoms with Crippen LogP contribution in [0, 0.1) is 0 Å². The molecule has 0 aromatic carbocycles. The lowest BCUT2D eigenvalue weighted by Gasteiger charge is -2.26. The van der Waals surface area contributed by atoms with Crippen LogP contribution in [-0.2, 0) is 14.3 Å². The standard InChI is InChI=1S/C8H12F2O3S/c1-2-13-7(11)8(9,10)5-14-6-3-12-4-6/h6H,2-5H2,1H3. The Labute approximate surface area is 85.1 Å². The number of rotatable bonds is 5. The Morgan fingerprint density at radius 3 is 2.71 bits per heavy atom. The third-order valence-electron chi connectivity index (χ3n) is 1.68. The van der Waals surface area contributed by atoms with Crippen LogP contribution in [0.25, 0.3) is 0 Å². The normalized spacial score (nSPS) is 17.6. The van der Waals surface area contributed by atoms with Crippen molar-refractivity contribution in [3.8, 4) is 0 Å². The second-order valence-corrected chi connectivity index (χ2v) is 4.18. The van der Waals surface area contributed by atoms with E-state index in [0.717, 1.165) is 11.8 Å². The van der Waals surface area contributed by atoms with Crippen molar-refractivity contribution in [1.29, 1.82) is 0 Å². The average Bonchev–Trinajstić information content (AvgIpc) is 2.01. The molecule has 0 spiro atoms. The van der Waals surface area contributed by atoms with E-state index in [2.05, 4.69) is 4.74 Å². The molecule has 0 aromatic rings. The zero-order valence-corrected chi connectivity index (χ0v) is 8.61. The van der Waals surface area contributed by atoms with Crippen molar-refractivity contribution in [3.63, 3.8) is 0 Å². The molecule has 82 valence electrons. The van der Waals surface area contributed by atoms with Crippen LogP contribution in [0.3, 0.4) is 0 Å². The fraction of sp³-hybridized carbons (Fsp3) is 0.875. The summed E-state index contributed by atoms with van der Waals surface area (Å²) < 4.78 is 35.1. The molecule has 0 aliphatic carbocycles. The fourth-order valence-electron chi connectivity index (χ4n) is 0.828. The molecule has 0 radical (unpaired) electrons. The zero-order valence-electron chi connectivity index (χ0n) is 7.79. The zero-order chi connectivity index (χ0) is 10.6. The molecule has 1 aliphatic rings. The molecule has 1 rings (SSSR count). The maximum Gasteiger partial charge on any atom is 0.377 e. The van der Waals surface area contributed by atoms with Gasteiger partial charge in [0.05, 0.1) is 30.8 Å². The van der Waals surface area contributed by atoms with Gasteiger partial charge < -0.3 is 9.47 Å². The van der Waals surface area contributed by atoms with Crippen LogP contribution in [-0.4, -0.2) is 42.7 Å². The van der Waals surface area contributed by atoms with Crippen molar-refractivity contribution in [1.82, 2.24) is 0 Å². The monoisotopic (exact) mass is 226 g/mol. The van der Waals surface area contributed by atoms with Crippen LogP contribution in [0.5, 0.6) is 0 Å². The second kappa shape index (κ2) is 4.93. The van der Waals surface area contributed by atoms with Gasteiger partial charge >= 0.3 is 11.9 Å². The van der Waals surface area contributed by atoms with Crippen LogP contribution in [0.2, 0.25) is 0 Å². The van der Waals surface area contributed by atoms with Gasteiger partial charge in [-0.1, -0.05) is 0 Å². The van der Waals surface area contributed by atoms with Gasteiger partial charge in [0.2, 0.25) is 0 Å². The van der Waals surface area contributed by atoms with Crippen LogP contribution < -0.4 is 0 Å². The minimum atomic E-state index is -3.38. The molecule has 0 N–H and O–H groups in total. The van der Waals surface area contributed by atoms with Crippen molar-refractivity contribution in [2.75, 3.05) is 25.6 Å². The van der Waals surface area contributed by atoms with Gasteiger partial charge in [-0.25, -0.2) is 4.79 Å². The number of hydrogen-bond donors (Lipinski definition) is 0. The molecule has 1 saturated heterocycles. The molecule has 0 atom stereocenters. The van der Waals surface area contributed by atoms with Crippen LogP contribution in [0.1, 0.15) is 6.92 Å². The maximum absolute atomic E-state index is 13.0. The molecule has 0 aromatic heterocycles. The molecule has 1 aliphatic heterocycles. The number of ether oxygens (including phenoxy) is 2. The first-order valence-electron chi connectivity index (χ1n) is 4.30. The van der Waals surface area contributed by atoms with E-state index in [9.17, 15) is 13.6 Å². The second-order valence-electron chi connectivity index (χ2n) is 2.90. The Morgan fingerprint density at radius 1 is 1.64 bits per heavy atom. The summed E-state index contributed by atoms with van der Waals surface area (Å²) in [5, 5.41) is 0.0929. The van der Waals surface area contributed by atoms with Crippen LogP contribution in [0.4, 0.5) is 8.78 Å². The third kappa shape index (κ3) is 3.09. The molecule has 0 bridgehead atoms. The largest absolute Gasteiger partial charge is 0.462 e. The number of alkyl halides is 2. The number of hydrogen-bond acceptors (Lipinski definition) is 4. The Balaban J connectivity index is 2.27. The molecule has 1 heterocycles. The summed E-state index contributed by atoms with van der Waals surface area (Å²) in [6.07, 6.45) is 0. The summed E-state index contributed by atoms with van der Waals surface area (Å²) in [6.45, 7) is 2.46. The first kappa shape index (κ1) is 11.7. The van der Waals surface area contributed by atoms with Gasteiger partial charge in [-0.15, -0.1) is 11.8 Å². The van der Waals surface area contributed by atoms with Crippen molar-refractivity contribution in [2.45, 2.75) is 18.1 Å². The highest BCUT2D eigenvalue weighted by Gasteiger charge is 2.41. The average molecular weight is 226 g/mol. The number of thioether (sulfide) groups is 1. The molecular weight excluding hydrogens is 214 g/mol. The highest BCUT2D eigenvalue weighted by Crippen LogP contribution is 2.27. The Morgan fingerprint density at radius 2 is 2.29 bits per heavy atom. The lowest BCUT2D eigenvalue weighted by Crippen LogP contribution is -2.37. The van der Waals surface area contributed by atoms with Gasteiger partial charge in [-0.3, -0.25) is 0 Å². The molecule has 14 heavy (non-hydrogen) atoms. The SMILES string of the molecule is CCOC(=O)C(F)(F)CSC1COC1. The number of carbonyl (C=O) groups excluding carboxylic acids is 1. The van der Waals surface area contributed by atoms with E-state index >= 15 is 0 Å². The first-order valence-corrected chi connectivity index (χ1v) is 5.35. The molecule has 6 heteroatoms. The van der Waals surface area contributed by atoms with Crippen LogP contribution >= 0.6 is 11.8 Å². The maximum atomic E-state index is 13.0. The summed E-state index contributed by atoms with van der Waals surface area (Å²) in [6, 6.07) is 0. The van der Waals surface area contributed by atoms with E-state index in [1.54, 1.807) is 0 Å². The van der Waals surface area contributed by atoms with E-state index in [1.165, 1.54) is 6.92 Å². The third-order valence-corrected chi connectivity index (χ3v) is 2.95. The van der Waals surface area contributed by atoms with E-state index in [1.807, 2.05) is 0 Å². The van der Waals surface area contributed by atoms with E-state index in [0.29, 0.717) is 13.2 Å². The topological polar surface area (TPSA) is 35.5 Å². The number of esters is 1. The molecule has 0 unspecified atom stereocenters. The van der Waals surface area contributed by atoms with Gasteiger partial charge in [0.25, 0.3) is 0 Å². The van der Waals surface area contributed by atoms with Crippen LogP contribution in [0.15, 0.2) is 0 Å². The molecule has 3 nitrogen and oxygen atoms in total. The summed E-state index contributed by atoms with van der Waals surface area (Å²) in [5.41, 5.74) is 0. The van der Waals surface area contributed by atoms with Gasteiger partial charge in [-0.05, 0) is 6.92 Å². The van der Waals surface area contributed by atoms with E-state index in [4.69, 9.17) is 4.74 Å². The highest BCUT2D eigenvalue weighted by molar-refractivity contribution is 8.00. The fourth-order valence-corrected chi connectivity index (χ4v) is 1.78. The predicted octanol–water partition coefficient (Wildman–Crippen LogP) is 1.32. The van der Waals surface area contributed by atoms with Crippen molar-refractivity contribution in [2.24, 2.45) is 0 Å². The summed E-state index contributed by atoms with van der Waals surface area (Å²) in [5.74, 6) is -5.34. The molecule has 1 fully saturated rings. The first-order chi connectivity index (χ1) is 6.56.